The van der Waals surface area contributed by atoms with Crippen molar-refractivity contribution in [3.63, 3.8) is 0 Å². The summed E-state index contributed by atoms with van der Waals surface area (Å²) in [5.41, 5.74) is 0. The molecular formula is C17H28S6. The van der Waals surface area contributed by atoms with Crippen molar-refractivity contribution in [2.24, 2.45) is 0 Å². The zero-order chi connectivity index (χ0) is 16.3. The van der Waals surface area contributed by atoms with Crippen LogP contribution in [0.2, 0.25) is 0 Å². The average molecular weight is 425 g/mol. The molecule has 6 heteroatoms. The van der Waals surface area contributed by atoms with Gasteiger partial charge in [-0.05, 0) is 64.0 Å². The number of hydrogen-bond donors (Lipinski definition) is 0. The summed E-state index contributed by atoms with van der Waals surface area (Å²) >= 11 is 0. The van der Waals surface area contributed by atoms with E-state index in [0.717, 1.165) is 0 Å². The Kier molecular flexibility index (Phi) is 19.1. The van der Waals surface area contributed by atoms with E-state index in [0.29, 0.717) is 0 Å². The van der Waals surface area contributed by atoms with E-state index < -0.39 is 0 Å². The topological polar surface area (TPSA) is 0 Å². The van der Waals surface area contributed by atoms with E-state index in [-0.39, 0.29) is 0 Å². The fourth-order valence-corrected chi connectivity index (χ4v) is 13.0. The molecule has 0 spiro atoms. The van der Waals surface area contributed by atoms with E-state index in [2.05, 4.69) is 35.8 Å². The molecule has 0 aromatic carbocycles. The summed E-state index contributed by atoms with van der Waals surface area (Å²) in [5, 5.41) is 2.15. The van der Waals surface area contributed by atoms with Gasteiger partial charge in [0.1, 0.15) is 0 Å². The van der Waals surface area contributed by atoms with Crippen LogP contribution in [0.1, 0.15) is 64.2 Å². The quantitative estimate of drug-likeness (QED) is 0.352. The molecule has 132 valence electrons. The molecule has 0 aromatic rings. The number of allylic oxidation sites excluding steroid dienone is 5. The zero-order valence-electron chi connectivity index (χ0n) is 13.7. The lowest BCUT2D eigenvalue weighted by molar-refractivity contribution is 0.567. The molecule has 0 aliphatic carbocycles. The molecule has 0 saturated heterocycles. The van der Waals surface area contributed by atoms with Crippen LogP contribution < -0.4 is 0 Å². The standard InChI is InChI=1S/C17H28S6/c1-2-4-6-8-10-12-14-16-18-20-22-23-21-19-17-15-13-11-9-7-5-3-1/h6,8,10,12,14,16H,1-5,7,9,11,13,15,17H2. The maximum absolute atomic E-state index is 2.29. The second-order valence-corrected chi connectivity index (χ2v) is 14.8. The maximum Gasteiger partial charge on any atom is 0.00454 e. The Morgan fingerprint density at radius 2 is 1.17 bits per heavy atom. The van der Waals surface area contributed by atoms with Crippen molar-refractivity contribution in [2.75, 3.05) is 5.75 Å². The van der Waals surface area contributed by atoms with Crippen LogP contribution in [-0.4, -0.2) is 5.75 Å². The van der Waals surface area contributed by atoms with E-state index in [9.17, 15) is 0 Å². The minimum absolute atomic E-state index is 1.22. The summed E-state index contributed by atoms with van der Waals surface area (Å²) in [7, 11) is 11.3. The van der Waals surface area contributed by atoms with Crippen LogP contribution in [0.25, 0.3) is 0 Å². The van der Waals surface area contributed by atoms with Gasteiger partial charge in [-0.3, -0.25) is 0 Å². The molecule has 0 aromatic heterocycles. The van der Waals surface area contributed by atoms with Crippen LogP contribution in [0, 0.1) is 0 Å². The lowest BCUT2D eigenvalue weighted by atomic mass is 10.1. The van der Waals surface area contributed by atoms with Crippen molar-refractivity contribution in [3.05, 3.63) is 35.8 Å². The molecule has 1 aliphatic heterocycles. The average Bonchev–Trinajstić information content (AvgIpc) is 2.56. The summed E-state index contributed by atoms with van der Waals surface area (Å²) < 4.78 is 0. The van der Waals surface area contributed by atoms with Crippen LogP contribution in [0.5, 0.6) is 0 Å². The first-order valence-electron chi connectivity index (χ1n) is 8.43. The molecule has 1 aliphatic rings. The van der Waals surface area contributed by atoms with Gasteiger partial charge in [-0.25, -0.2) is 0 Å². The normalized spacial score (nSPS) is 21.9. The van der Waals surface area contributed by atoms with Gasteiger partial charge in [-0.2, -0.15) is 0 Å². The van der Waals surface area contributed by atoms with Gasteiger partial charge in [0.15, 0.2) is 0 Å². The highest BCUT2D eigenvalue weighted by Gasteiger charge is 1.96. The SMILES string of the molecule is C1=CC=CSSSSSSCCCCCCCCCCCC=C1. The Hall–Kier alpha value is 1.32. The first-order valence-corrected chi connectivity index (χ1v) is 16.1. The predicted molar refractivity (Wildman–Crippen MR) is 124 cm³/mol. The highest BCUT2D eigenvalue weighted by atomic mass is 33.9. The van der Waals surface area contributed by atoms with Crippen molar-refractivity contribution in [1.29, 1.82) is 0 Å². The molecule has 0 unspecified atom stereocenters. The molecule has 0 fully saturated rings. The first-order chi connectivity index (χ1) is 11.5. The largest absolute Gasteiger partial charge is 0.0845 e. The van der Waals surface area contributed by atoms with Crippen LogP contribution in [0.3, 0.4) is 0 Å². The monoisotopic (exact) mass is 424 g/mol. The summed E-state index contributed by atoms with van der Waals surface area (Å²) in [6.45, 7) is 0. The molecule has 0 N–H and O–H groups in total. The summed E-state index contributed by atoms with van der Waals surface area (Å²) in [6.07, 6.45) is 24.7. The Morgan fingerprint density at radius 1 is 0.522 bits per heavy atom. The number of hydrogen-bond acceptors (Lipinski definition) is 6. The van der Waals surface area contributed by atoms with Crippen LogP contribution >= 0.6 is 60.9 Å². The third-order valence-corrected chi connectivity index (χ3v) is 13.9. The molecule has 1 rings (SSSR count). The van der Waals surface area contributed by atoms with Gasteiger partial charge in [-0.15, -0.1) is 0 Å². The maximum atomic E-state index is 2.29. The Morgan fingerprint density at radius 3 is 2.00 bits per heavy atom. The minimum Gasteiger partial charge on any atom is -0.0845 e. The van der Waals surface area contributed by atoms with Gasteiger partial charge in [0, 0.05) is 5.75 Å². The molecule has 0 amide bonds. The second kappa shape index (κ2) is 19.6. The van der Waals surface area contributed by atoms with Crippen molar-refractivity contribution >= 4 is 60.9 Å². The molecule has 0 atom stereocenters. The van der Waals surface area contributed by atoms with Crippen molar-refractivity contribution < 1.29 is 0 Å². The number of rotatable bonds is 0. The van der Waals surface area contributed by atoms with Crippen molar-refractivity contribution in [3.8, 4) is 0 Å². The molecule has 0 bridgehead atoms. The van der Waals surface area contributed by atoms with Gasteiger partial charge in [0.2, 0.25) is 0 Å². The van der Waals surface area contributed by atoms with E-state index in [1.54, 1.807) is 10.8 Å². The van der Waals surface area contributed by atoms with Gasteiger partial charge in [-0.1, -0.05) is 96.9 Å². The van der Waals surface area contributed by atoms with Gasteiger partial charge < -0.3 is 0 Å². The Labute approximate surface area is 165 Å². The predicted octanol–water partition coefficient (Wildman–Crippen LogP) is 9.50. The molecule has 0 saturated carbocycles. The third kappa shape index (κ3) is 17.9. The van der Waals surface area contributed by atoms with Crippen molar-refractivity contribution in [2.45, 2.75) is 64.2 Å². The van der Waals surface area contributed by atoms with Crippen LogP contribution in [-0.2, 0) is 0 Å². The van der Waals surface area contributed by atoms with Crippen LogP contribution in [0.15, 0.2) is 35.8 Å². The van der Waals surface area contributed by atoms with E-state index in [1.807, 2.05) is 50.1 Å². The zero-order valence-corrected chi connectivity index (χ0v) is 18.6. The molecule has 23 heavy (non-hydrogen) atoms. The van der Waals surface area contributed by atoms with E-state index >= 15 is 0 Å². The summed E-state index contributed by atoms with van der Waals surface area (Å²) in [6, 6.07) is 0. The van der Waals surface area contributed by atoms with E-state index in [4.69, 9.17) is 0 Å². The van der Waals surface area contributed by atoms with Gasteiger partial charge in [0.25, 0.3) is 0 Å². The third-order valence-electron chi connectivity index (χ3n) is 3.37. The highest BCUT2D eigenvalue weighted by molar-refractivity contribution is 9.42. The Bertz CT molecular complexity index is 297. The van der Waals surface area contributed by atoms with Gasteiger partial charge >= 0.3 is 0 Å². The molecule has 0 radical (unpaired) electrons. The van der Waals surface area contributed by atoms with Crippen LogP contribution in [0.4, 0.5) is 0 Å². The lowest BCUT2D eigenvalue weighted by Gasteiger charge is -2.02. The fraction of sp³-hybridized carbons (Fsp3) is 0.647. The second-order valence-electron chi connectivity index (χ2n) is 5.30. The summed E-state index contributed by atoms with van der Waals surface area (Å²) in [5.74, 6) is 1.30. The smallest absolute Gasteiger partial charge is 0.00454 e. The van der Waals surface area contributed by atoms with E-state index in [1.165, 1.54) is 70.0 Å². The fourth-order valence-electron chi connectivity index (χ4n) is 2.16. The molecule has 0 nitrogen and oxygen atoms in total. The van der Waals surface area contributed by atoms with Crippen molar-refractivity contribution in [1.82, 2.24) is 0 Å². The minimum atomic E-state index is 1.22. The Balaban J connectivity index is 2.15. The lowest BCUT2D eigenvalue weighted by Crippen LogP contribution is -1.82. The molecule has 1 heterocycles. The molecular weight excluding hydrogens is 397 g/mol. The summed E-state index contributed by atoms with van der Waals surface area (Å²) in [4.78, 5) is 0. The van der Waals surface area contributed by atoms with Gasteiger partial charge in [0.05, 0.1) is 0 Å². The highest BCUT2D eigenvalue weighted by Crippen LogP contribution is 2.52. The first kappa shape index (κ1) is 22.4.